The highest BCUT2D eigenvalue weighted by Crippen LogP contribution is 2.34. The van der Waals surface area contributed by atoms with Gasteiger partial charge in [0.1, 0.15) is 0 Å². The zero-order valence-corrected chi connectivity index (χ0v) is 12.8. The predicted octanol–water partition coefficient (Wildman–Crippen LogP) is 3.71. The summed E-state index contributed by atoms with van der Waals surface area (Å²) >= 11 is 0. The normalized spacial score (nSPS) is 13.8. The van der Waals surface area contributed by atoms with Gasteiger partial charge in [-0.1, -0.05) is 43.3 Å². The van der Waals surface area contributed by atoms with Crippen LogP contribution in [0.2, 0.25) is 0 Å². The first-order chi connectivity index (χ1) is 9.64. The van der Waals surface area contributed by atoms with Crippen LogP contribution in [0.1, 0.15) is 39.2 Å². The fraction of sp³-hybridized carbons (Fsp3) is 0.471. The van der Waals surface area contributed by atoms with Gasteiger partial charge < -0.3 is 4.84 Å². The minimum Gasteiger partial charge on any atom is -0.367 e. The Bertz CT molecular complexity index is 426. The molecule has 0 radical (unpaired) electrons. The molecule has 0 bridgehead atoms. The van der Waals surface area contributed by atoms with Crippen LogP contribution in [0.4, 0.5) is 0 Å². The first kappa shape index (κ1) is 16.4. The molecule has 0 amide bonds. The van der Waals surface area contributed by atoms with E-state index in [9.17, 15) is 4.79 Å². The Morgan fingerprint density at radius 1 is 1.25 bits per heavy atom. The number of hydrogen-bond acceptors (Lipinski definition) is 3. The molecule has 3 nitrogen and oxygen atoms in total. The molecule has 0 saturated heterocycles. The van der Waals surface area contributed by atoms with Crippen molar-refractivity contribution in [2.24, 2.45) is 0 Å². The van der Waals surface area contributed by atoms with Crippen LogP contribution >= 0.6 is 0 Å². The Labute approximate surface area is 122 Å². The first-order valence-corrected chi connectivity index (χ1v) is 7.28. The number of allylic oxidation sites excluding steroid dienone is 1. The molecule has 0 saturated carbocycles. The molecule has 3 heteroatoms. The standard InChI is InChI=1S/C17H25NO2/c1-5-14-17(6-2,15-12-10-9-11-13-15)16(19)20-18(7-3)8-4/h5,9-13H,1,6-8,14H2,2-4H3. The lowest BCUT2D eigenvalue weighted by molar-refractivity contribution is -0.196. The van der Waals surface area contributed by atoms with Crippen molar-refractivity contribution in [3.8, 4) is 0 Å². The van der Waals surface area contributed by atoms with E-state index in [1.165, 1.54) is 0 Å². The van der Waals surface area contributed by atoms with Gasteiger partial charge in [0.2, 0.25) is 0 Å². The monoisotopic (exact) mass is 275 g/mol. The molecule has 1 atom stereocenters. The van der Waals surface area contributed by atoms with Crippen molar-refractivity contribution in [3.63, 3.8) is 0 Å². The topological polar surface area (TPSA) is 29.5 Å². The van der Waals surface area contributed by atoms with Crippen molar-refractivity contribution in [3.05, 3.63) is 48.6 Å². The van der Waals surface area contributed by atoms with E-state index in [0.717, 1.165) is 5.56 Å². The number of hydrogen-bond donors (Lipinski definition) is 0. The summed E-state index contributed by atoms with van der Waals surface area (Å²) in [6, 6.07) is 9.82. The van der Waals surface area contributed by atoms with Crippen LogP contribution in [-0.4, -0.2) is 24.1 Å². The van der Waals surface area contributed by atoms with E-state index in [0.29, 0.717) is 25.9 Å². The van der Waals surface area contributed by atoms with E-state index in [-0.39, 0.29) is 5.97 Å². The Morgan fingerprint density at radius 3 is 2.30 bits per heavy atom. The van der Waals surface area contributed by atoms with Gasteiger partial charge in [0.25, 0.3) is 0 Å². The highest BCUT2D eigenvalue weighted by atomic mass is 16.7. The van der Waals surface area contributed by atoms with Gasteiger partial charge in [0.05, 0.1) is 5.41 Å². The van der Waals surface area contributed by atoms with Crippen LogP contribution in [0, 0.1) is 0 Å². The molecule has 0 heterocycles. The van der Waals surface area contributed by atoms with Crippen molar-refractivity contribution in [1.29, 1.82) is 0 Å². The molecular formula is C17H25NO2. The summed E-state index contributed by atoms with van der Waals surface area (Å²) < 4.78 is 0. The number of rotatable bonds is 8. The van der Waals surface area contributed by atoms with Crippen molar-refractivity contribution in [1.82, 2.24) is 5.06 Å². The van der Waals surface area contributed by atoms with Gasteiger partial charge in [-0.05, 0) is 32.3 Å². The quantitative estimate of drug-likeness (QED) is 0.535. The van der Waals surface area contributed by atoms with Gasteiger partial charge in [-0.3, -0.25) is 0 Å². The molecule has 0 fully saturated rings. The summed E-state index contributed by atoms with van der Waals surface area (Å²) in [6.45, 7) is 11.1. The largest absolute Gasteiger partial charge is 0.367 e. The SMILES string of the molecule is C=CCC(CC)(C(=O)ON(CC)CC)c1ccccc1. The average Bonchev–Trinajstić information content (AvgIpc) is 2.50. The summed E-state index contributed by atoms with van der Waals surface area (Å²) in [7, 11) is 0. The average molecular weight is 275 g/mol. The summed E-state index contributed by atoms with van der Waals surface area (Å²) in [5.41, 5.74) is 0.338. The fourth-order valence-corrected chi connectivity index (χ4v) is 2.37. The van der Waals surface area contributed by atoms with Gasteiger partial charge in [-0.2, -0.15) is 0 Å². The van der Waals surface area contributed by atoms with Gasteiger partial charge in [-0.15, -0.1) is 11.6 Å². The summed E-state index contributed by atoms with van der Waals surface area (Å²) in [5, 5.41) is 1.68. The first-order valence-electron chi connectivity index (χ1n) is 7.28. The van der Waals surface area contributed by atoms with Crippen molar-refractivity contribution in [2.45, 2.75) is 39.0 Å². The Balaban J connectivity index is 3.11. The van der Waals surface area contributed by atoms with Crippen molar-refractivity contribution < 1.29 is 9.63 Å². The van der Waals surface area contributed by atoms with Gasteiger partial charge in [0.15, 0.2) is 0 Å². The maximum Gasteiger partial charge on any atom is 0.335 e. The van der Waals surface area contributed by atoms with Crippen molar-refractivity contribution in [2.75, 3.05) is 13.1 Å². The molecule has 1 rings (SSSR count). The predicted molar refractivity (Wildman–Crippen MR) is 82.2 cm³/mol. The zero-order valence-electron chi connectivity index (χ0n) is 12.8. The lowest BCUT2D eigenvalue weighted by Gasteiger charge is -2.32. The minimum atomic E-state index is -0.647. The Hall–Kier alpha value is -1.61. The smallest absolute Gasteiger partial charge is 0.335 e. The number of nitrogens with zero attached hydrogens (tertiary/aromatic N) is 1. The molecule has 1 unspecified atom stereocenters. The van der Waals surface area contributed by atoms with Crippen LogP contribution in [0.5, 0.6) is 0 Å². The maximum absolute atomic E-state index is 12.7. The highest BCUT2D eigenvalue weighted by molar-refractivity contribution is 5.83. The summed E-state index contributed by atoms with van der Waals surface area (Å²) in [6.07, 6.45) is 3.05. The fourth-order valence-electron chi connectivity index (χ4n) is 2.37. The van der Waals surface area contributed by atoms with Gasteiger partial charge >= 0.3 is 5.97 Å². The van der Waals surface area contributed by atoms with Crippen LogP contribution in [0.3, 0.4) is 0 Å². The Kier molecular flexibility index (Phi) is 6.46. The van der Waals surface area contributed by atoms with E-state index in [4.69, 9.17) is 4.84 Å². The number of carbonyl (C=O) groups excluding carboxylic acids is 1. The molecule has 0 aliphatic heterocycles. The molecule has 0 spiro atoms. The molecule has 0 aliphatic rings. The minimum absolute atomic E-state index is 0.199. The third kappa shape index (κ3) is 3.48. The van der Waals surface area contributed by atoms with Gasteiger partial charge in [-0.25, -0.2) is 4.79 Å². The molecule has 1 aromatic carbocycles. The van der Waals surface area contributed by atoms with E-state index in [1.54, 1.807) is 11.1 Å². The third-order valence-corrected chi connectivity index (χ3v) is 3.73. The number of benzene rings is 1. The highest BCUT2D eigenvalue weighted by Gasteiger charge is 2.40. The summed E-state index contributed by atoms with van der Waals surface area (Å²) in [4.78, 5) is 18.3. The zero-order chi connectivity index (χ0) is 15.0. The van der Waals surface area contributed by atoms with Gasteiger partial charge in [0, 0.05) is 13.1 Å². The second kappa shape index (κ2) is 7.85. The van der Waals surface area contributed by atoms with Crippen molar-refractivity contribution >= 4 is 5.97 Å². The number of carbonyl (C=O) groups is 1. The molecule has 1 aromatic rings. The van der Waals surface area contributed by atoms with E-state index < -0.39 is 5.41 Å². The third-order valence-electron chi connectivity index (χ3n) is 3.73. The molecule has 0 aliphatic carbocycles. The molecule has 0 aromatic heterocycles. The maximum atomic E-state index is 12.7. The Morgan fingerprint density at radius 2 is 1.85 bits per heavy atom. The summed E-state index contributed by atoms with van der Waals surface area (Å²) in [5.74, 6) is -0.199. The van der Waals surface area contributed by atoms with Crippen LogP contribution in [0.25, 0.3) is 0 Å². The lowest BCUT2D eigenvalue weighted by Crippen LogP contribution is -2.41. The van der Waals surface area contributed by atoms with Crippen LogP contribution in [-0.2, 0) is 15.0 Å². The molecular weight excluding hydrogens is 250 g/mol. The van der Waals surface area contributed by atoms with E-state index >= 15 is 0 Å². The molecule has 0 N–H and O–H groups in total. The second-order valence-electron chi connectivity index (χ2n) is 4.79. The molecule has 110 valence electrons. The number of hydroxylamine groups is 2. The van der Waals surface area contributed by atoms with E-state index in [2.05, 4.69) is 6.58 Å². The lowest BCUT2D eigenvalue weighted by atomic mass is 9.75. The van der Waals surface area contributed by atoms with E-state index in [1.807, 2.05) is 51.1 Å². The molecule has 20 heavy (non-hydrogen) atoms. The second-order valence-corrected chi connectivity index (χ2v) is 4.79. The van der Waals surface area contributed by atoms with Crippen LogP contribution in [0.15, 0.2) is 43.0 Å². The van der Waals surface area contributed by atoms with Crippen LogP contribution < -0.4 is 0 Å².